The van der Waals surface area contributed by atoms with Crippen LogP contribution in [0.2, 0.25) is 0 Å². The van der Waals surface area contributed by atoms with Gasteiger partial charge in [0.15, 0.2) is 0 Å². The molecular formula is H3F2O10P3. The van der Waals surface area contributed by atoms with E-state index >= 15 is 0 Å². The maximum Gasteiger partial charge on any atom is 0.546 e. The summed E-state index contributed by atoms with van der Waals surface area (Å²) in [5.41, 5.74) is 0. The van der Waals surface area contributed by atoms with E-state index in [2.05, 4.69) is 18.1 Å². The van der Waals surface area contributed by atoms with Crippen LogP contribution in [0.4, 0.5) is 9.05 Å². The molecule has 0 saturated carbocycles. The van der Waals surface area contributed by atoms with Gasteiger partial charge in [-0.3, -0.25) is 0 Å². The first-order chi connectivity index (χ1) is 6.54. The Balaban J connectivity index is 4.72. The quantitative estimate of drug-likeness (QED) is 0.608. The van der Waals surface area contributed by atoms with E-state index in [1.807, 2.05) is 0 Å². The Kier molecular flexibility index (Phi) is 5.16. The molecule has 0 rings (SSSR count). The average Bonchev–Trinajstić information content (AvgIpc) is 1.98. The van der Waals surface area contributed by atoms with Gasteiger partial charge in [0, 0.05) is 0 Å². The van der Waals surface area contributed by atoms with Crippen LogP contribution in [0.15, 0.2) is 0 Å². The van der Waals surface area contributed by atoms with Crippen molar-refractivity contribution in [3.05, 3.63) is 0 Å². The van der Waals surface area contributed by atoms with Gasteiger partial charge in [0.05, 0.1) is 0 Å². The first-order valence-electron chi connectivity index (χ1n) is 2.55. The highest BCUT2D eigenvalue weighted by Gasteiger charge is 2.44. The van der Waals surface area contributed by atoms with Gasteiger partial charge in [-0.15, -0.1) is 0 Å². The van der Waals surface area contributed by atoms with Crippen molar-refractivity contribution in [3.63, 3.8) is 0 Å². The number of rotatable bonds is 6. The van der Waals surface area contributed by atoms with Crippen LogP contribution in [0.5, 0.6) is 0 Å². The molecule has 1 unspecified atom stereocenters. The van der Waals surface area contributed by atoms with Crippen molar-refractivity contribution in [2.45, 2.75) is 0 Å². The Morgan fingerprint density at radius 2 is 1.27 bits per heavy atom. The number of halogens is 2. The lowest BCUT2D eigenvalue weighted by Crippen LogP contribution is -1.93. The molecule has 10 nitrogen and oxygen atoms in total. The maximum absolute atomic E-state index is 11.3. The molecule has 0 fully saturated rings. The molecule has 92 valence electrons. The molecule has 0 aliphatic rings. The smallest absolute Gasteiger partial charge is 0.302 e. The topological polar surface area (TPSA) is 149 Å². The fourth-order valence-corrected chi connectivity index (χ4v) is 3.01. The lowest BCUT2D eigenvalue weighted by molar-refractivity contribution is -0.109. The van der Waals surface area contributed by atoms with Crippen molar-refractivity contribution < 1.29 is 55.5 Å². The summed E-state index contributed by atoms with van der Waals surface area (Å²) in [5.74, 6) is 0. The van der Waals surface area contributed by atoms with E-state index in [9.17, 15) is 22.7 Å². The molecule has 0 aromatic rings. The lowest BCUT2D eigenvalue weighted by Gasteiger charge is -2.13. The molecule has 15 heavy (non-hydrogen) atoms. The third kappa shape index (κ3) is 6.44. The van der Waals surface area contributed by atoms with Gasteiger partial charge < -0.3 is 14.7 Å². The van der Waals surface area contributed by atoms with Gasteiger partial charge in [-0.05, 0) is 9.05 Å². The molecule has 0 spiro atoms. The molecule has 0 aromatic heterocycles. The summed E-state index contributed by atoms with van der Waals surface area (Å²) in [7, 11) is -16.9. The van der Waals surface area contributed by atoms with Crippen LogP contribution in [-0.2, 0) is 31.8 Å². The highest BCUT2D eigenvalue weighted by Crippen LogP contribution is 2.68. The van der Waals surface area contributed by atoms with E-state index < -0.39 is 23.5 Å². The molecule has 15 heteroatoms. The highest BCUT2D eigenvalue weighted by molar-refractivity contribution is 7.66. The summed E-state index contributed by atoms with van der Waals surface area (Å²) >= 11 is 0. The zero-order valence-electron chi connectivity index (χ0n) is 6.30. The van der Waals surface area contributed by atoms with Gasteiger partial charge in [0.1, 0.15) is 0 Å². The third-order valence-corrected chi connectivity index (χ3v) is 4.22. The van der Waals surface area contributed by atoms with Gasteiger partial charge in [-0.25, -0.2) is 13.7 Å². The van der Waals surface area contributed by atoms with E-state index in [4.69, 9.17) is 14.7 Å². The first-order valence-corrected chi connectivity index (χ1v) is 7.04. The van der Waals surface area contributed by atoms with Crippen LogP contribution in [0.1, 0.15) is 0 Å². The number of phosphoric acid groups is 3. The molecule has 0 bridgehead atoms. The second-order valence-corrected chi connectivity index (χ2v) is 6.10. The van der Waals surface area contributed by atoms with Gasteiger partial charge >= 0.3 is 23.5 Å². The zero-order valence-corrected chi connectivity index (χ0v) is 8.98. The molecule has 0 radical (unpaired) electrons. The summed E-state index contributed by atoms with van der Waals surface area (Å²) in [5, 5.41) is 0. The normalized spacial score (nSPS) is 17.4. The fourth-order valence-electron chi connectivity index (χ4n) is 0.312. The number of hydrogen-bond donors (Lipinski definition) is 3. The van der Waals surface area contributed by atoms with Gasteiger partial charge in [0.25, 0.3) is 0 Å². The van der Waals surface area contributed by atoms with Crippen molar-refractivity contribution in [2.24, 2.45) is 0 Å². The van der Waals surface area contributed by atoms with Crippen molar-refractivity contribution in [1.29, 1.82) is 0 Å². The van der Waals surface area contributed by atoms with E-state index in [1.165, 1.54) is 0 Å². The molecule has 3 N–H and O–H groups in total. The molecule has 0 aromatic carbocycles. The first kappa shape index (κ1) is 15.3. The van der Waals surface area contributed by atoms with Crippen LogP contribution in [0, 0.1) is 0 Å². The zero-order chi connectivity index (χ0) is 12.3. The SMILES string of the molecule is O=P(O)(O)OP(=O)(O)OP(=O)(OF)OF. The Hall–Kier alpha value is 0.270. The molecule has 1 atom stereocenters. The predicted molar refractivity (Wildman–Crippen MR) is 36.0 cm³/mol. The minimum absolute atomic E-state index is 2.21. The Labute approximate surface area is 80.0 Å². The summed E-state index contributed by atoms with van der Waals surface area (Å²) in [6.45, 7) is 0. The third-order valence-electron chi connectivity index (χ3n) is 0.582. The van der Waals surface area contributed by atoms with E-state index in [1.54, 1.807) is 0 Å². The second-order valence-electron chi connectivity index (χ2n) is 1.71. The second kappa shape index (κ2) is 5.07. The van der Waals surface area contributed by atoms with Crippen molar-refractivity contribution in [1.82, 2.24) is 0 Å². The average molecular weight is 294 g/mol. The van der Waals surface area contributed by atoms with Gasteiger partial charge in [-0.2, -0.15) is 8.62 Å². The summed E-state index contributed by atoms with van der Waals surface area (Å²) in [6.07, 6.45) is 0. The molecule has 0 aliphatic carbocycles. The van der Waals surface area contributed by atoms with Crippen LogP contribution in [0.3, 0.4) is 0 Å². The fraction of sp³-hybridized carbons (Fsp3) is 0. The summed E-state index contributed by atoms with van der Waals surface area (Å²) in [4.78, 5) is 24.4. The summed E-state index contributed by atoms with van der Waals surface area (Å²) in [6, 6.07) is 0. The van der Waals surface area contributed by atoms with Crippen molar-refractivity contribution >= 4 is 23.5 Å². The lowest BCUT2D eigenvalue weighted by atomic mass is 15.5. The minimum Gasteiger partial charge on any atom is -0.302 e. The van der Waals surface area contributed by atoms with Crippen LogP contribution < -0.4 is 0 Å². The highest BCUT2D eigenvalue weighted by atomic mass is 31.3. The molecular weight excluding hydrogens is 291 g/mol. The molecule has 0 saturated heterocycles. The van der Waals surface area contributed by atoms with E-state index in [-0.39, 0.29) is 0 Å². The Morgan fingerprint density at radius 1 is 0.867 bits per heavy atom. The van der Waals surface area contributed by atoms with Crippen LogP contribution in [0.25, 0.3) is 0 Å². The Bertz CT molecular complexity index is 333. The van der Waals surface area contributed by atoms with Gasteiger partial charge in [-0.1, -0.05) is 9.46 Å². The molecule has 0 heterocycles. The van der Waals surface area contributed by atoms with Gasteiger partial charge in [0.2, 0.25) is 0 Å². The maximum atomic E-state index is 11.3. The van der Waals surface area contributed by atoms with Crippen molar-refractivity contribution in [2.75, 3.05) is 0 Å². The standard InChI is InChI=1S/F2H3O10P3/c1-9-15(8,10-2)12-14(6,7)11-13(3,4)5/h(H,6,7)(H2,3,4,5). The predicted octanol–water partition coefficient (Wildman–Crippen LogP) is 1.12. The largest absolute Gasteiger partial charge is 0.546 e. The van der Waals surface area contributed by atoms with E-state index in [0.717, 1.165) is 0 Å². The van der Waals surface area contributed by atoms with Crippen LogP contribution in [-0.4, -0.2) is 14.7 Å². The minimum atomic E-state index is -5.72. The Morgan fingerprint density at radius 3 is 1.53 bits per heavy atom. The van der Waals surface area contributed by atoms with Crippen LogP contribution >= 0.6 is 23.5 Å². The van der Waals surface area contributed by atoms with Crippen molar-refractivity contribution in [3.8, 4) is 0 Å². The summed E-state index contributed by atoms with van der Waals surface area (Å²) < 4.78 is 63.9. The molecule has 0 aliphatic heterocycles. The molecule has 0 amide bonds. The monoisotopic (exact) mass is 294 g/mol. The number of hydrogen-bond acceptors (Lipinski definition) is 7. The van der Waals surface area contributed by atoms with E-state index in [0.29, 0.717) is 0 Å².